The van der Waals surface area contributed by atoms with Crippen LogP contribution in [0.1, 0.15) is 37.3 Å². The molecule has 3 rings (SSSR count). The van der Waals surface area contributed by atoms with Crippen molar-refractivity contribution in [1.82, 2.24) is 20.1 Å². The summed E-state index contributed by atoms with van der Waals surface area (Å²) in [6.07, 6.45) is 1.82. The number of nitrogens with zero attached hydrogens (tertiary/aromatic N) is 4. The van der Waals surface area contributed by atoms with Crippen molar-refractivity contribution in [2.75, 3.05) is 33.2 Å². The molecule has 8 heteroatoms. The average Bonchev–Trinajstić information content (AvgIpc) is 3.28. The Kier molecular flexibility index (Phi) is 8.11. The summed E-state index contributed by atoms with van der Waals surface area (Å²) in [4.78, 5) is 15.0. The molecule has 1 saturated heterocycles. The predicted molar refractivity (Wildman–Crippen MR) is 122 cm³/mol. The topological polar surface area (TPSA) is 56.9 Å². The van der Waals surface area contributed by atoms with Crippen LogP contribution >= 0.6 is 35.3 Å². The van der Waals surface area contributed by atoms with E-state index < -0.39 is 0 Å². The van der Waals surface area contributed by atoms with Crippen LogP contribution in [0.3, 0.4) is 0 Å². The van der Waals surface area contributed by atoms with E-state index in [1.165, 1.54) is 4.88 Å². The van der Waals surface area contributed by atoms with E-state index in [9.17, 15) is 0 Å². The van der Waals surface area contributed by atoms with Crippen molar-refractivity contribution >= 4 is 41.3 Å². The van der Waals surface area contributed by atoms with Gasteiger partial charge in [-0.3, -0.25) is 9.89 Å². The van der Waals surface area contributed by atoms with Gasteiger partial charge in [0.2, 0.25) is 5.89 Å². The van der Waals surface area contributed by atoms with Crippen molar-refractivity contribution in [2.24, 2.45) is 4.99 Å². The van der Waals surface area contributed by atoms with E-state index in [-0.39, 0.29) is 29.4 Å². The van der Waals surface area contributed by atoms with Crippen LogP contribution in [0, 0.1) is 0 Å². The van der Waals surface area contributed by atoms with Crippen LogP contribution in [-0.4, -0.2) is 54.0 Å². The van der Waals surface area contributed by atoms with Gasteiger partial charge >= 0.3 is 0 Å². The summed E-state index contributed by atoms with van der Waals surface area (Å²) in [6.45, 7) is 12.0. The van der Waals surface area contributed by atoms with Crippen LogP contribution in [0.25, 0.3) is 0 Å². The summed E-state index contributed by atoms with van der Waals surface area (Å²) in [5.41, 5.74) is -0.0220. The number of oxazole rings is 1. The van der Waals surface area contributed by atoms with Crippen LogP contribution in [0.5, 0.6) is 0 Å². The maximum Gasteiger partial charge on any atom is 0.213 e. The molecule has 0 unspecified atom stereocenters. The molecule has 150 valence electrons. The third-order valence-electron chi connectivity index (χ3n) is 4.53. The molecular weight excluding hydrogens is 473 g/mol. The zero-order valence-corrected chi connectivity index (χ0v) is 19.7. The van der Waals surface area contributed by atoms with Crippen molar-refractivity contribution in [1.29, 1.82) is 0 Å². The number of halogens is 1. The number of piperazine rings is 1. The number of aliphatic imine (C=N–C) groups is 1. The van der Waals surface area contributed by atoms with Crippen LogP contribution in [0.15, 0.2) is 33.1 Å². The number of hydrogen-bond donors (Lipinski definition) is 1. The molecule has 0 aromatic carbocycles. The van der Waals surface area contributed by atoms with Gasteiger partial charge < -0.3 is 14.6 Å². The molecule has 0 saturated carbocycles. The van der Waals surface area contributed by atoms with Gasteiger partial charge in [-0.25, -0.2) is 4.98 Å². The van der Waals surface area contributed by atoms with E-state index in [1.807, 2.05) is 24.6 Å². The number of guanidine groups is 1. The molecule has 2 aromatic heterocycles. The number of rotatable bonds is 4. The van der Waals surface area contributed by atoms with Gasteiger partial charge in [-0.1, -0.05) is 26.8 Å². The molecule has 1 N–H and O–H groups in total. The van der Waals surface area contributed by atoms with Crippen molar-refractivity contribution in [3.8, 4) is 0 Å². The van der Waals surface area contributed by atoms with E-state index in [0.29, 0.717) is 12.4 Å². The Morgan fingerprint density at radius 3 is 2.59 bits per heavy atom. The summed E-state index contributed by atoms with van der Waals surface area (Å²) in [5, 5.41) is 5.53. The van der Waals surface area contributed by atoms with Crippen LogP contribution < -0.4 is 5.32 Å². The predicted octanol–water partition coefficient (Wildman–Crippen LogP) is 3.54. The van der Waals surface area contributed by atoms with E-state index >= 15 is 0 Å². The molecule has 1 fully saturated rings. The van der Waals surface area contributed by atoms with Gasteiger partial charge in [-0.2, -0.15) is 0 Å². The molecule has 0 atom stereocenters. The zero-order chi connectivity index (χ0) is 18.6. The summed E-state index contributed by atoms with van der Waals surface area (Å²) < 4.78 is 5.85. The molecule has 0 spiro atoms. The standard InChI is InChI=1S/C19H29N5OS.HI/c1-19(2,3)16-12-21-17(25-16)13-22-18(20-4)24-9-7-23(8-10-24)14-15-6-5-11-26-15;/h5-6,11-12H,7-10,13-14H2,1-4H3,(H,20,22);1H. The summed E-state index contributed by atoms with van der Waals surface area (Å²) in [5.74, 6) is 2.52. The molecule has 6 nitrogen and oxygen atoms in total. The van der Waals surface area contributed by atoms with E-state index in [4.69, 9.17) is 4.42 Å². The maximum absolute atomic E-state index is 5.85. The van der Waals surface area contributed by atoms with Gasteiger partial charge in [0.15, 0.2) is 5.96 Å². The summed E-state index contributed by atoms with van der Waals surface area (Å²) >= 11 is 1.83. The molecular formula is C19H30IN5OS. The van der Waals surface area contributed by atoms with Gasteiger partial charge in [0.05, 0.1) is 12.7 Å². The highest BCUT2D eigenvalue weighted by atomic mass is 127. The fourth-order valence-corrected chi connectivity index (χ4v) is 3.71. The molecule has 3 heterocycles. The molecule has 27 heavy (non-hydrogen) atoms. The summed E-state index contributed by atoms with van der Waals surface area (Å²) in [7, 11) is 1.83. The lowest BCUT2D eigenvalue weighted by Gasteiger charge is -2.36. The second-order valence-corrected chi connectivity index (χ2v) is 8.64. The summed E-state index contributed by atoms with van der Waals surface area (Å²) in [6, 6.07) is 4.33. The fourth-order valence-electron chi connectivity index (χ4n) is 2.97. The highest BCUT2D eigenvalue weighted by molar-refractivity contribution is 14.0. The second-order valence-electron chi connectivity index (χ2n) is 7.61. The van der Waals surface area contributed by atoms with Gasteiger partial charge in [0.25, 0.3) is 0 Å². The highest BCUT2D eigenvalue weighted by Gasteiger charge is 2.21. The lowest BCUT2D eigenvalue weighted by atomic mass is 9.94. The third kappa shape index (κ3) is 6.18. The van der Waals surface area contributed by atoms with Gasteiger partial charge in [-0.05, 0) is 11.4 Å². The molecule has 0 radical (unpaired) electrons. The lowest BCUT2D eigenvalue weighted by Crippen LogP contribution is -2.52. The maximum atomic E-state index is 5.85. The number of nitrogens with one attached hydrogen (secondary N) is 1. The van der Waals surface area contributed by atoms with Crippen molar-refractivity contribution in [3.63, 3.8) is 0 Å². The Morgan fingerprint density at radius 2 is 2.04 bits per heavy atom. The molecule has 2 aromatic rings. The highest BCUT2D eigenvalue weighted by Crippen LogP contribution is 2.22. The minimum atomic E-state index is -0.0220. The Bertz CT molecular complexity index is 715. The first kappa shape index (κ1) is 22.2. The minimum absolute atomic E-state index is 0. The minimum Gasteiger partial charge on any atom is -0.443 e. The van der Waals surface area contributed by atoms with E-state index in [2.05, 4.69) is 63.4 Å². The van der Waals surface area contributed by atoms with Crippen molar-refractivity contribution in [2.45, 2.75) is 39.3 Å². The molecule has 1 aliphatic rings. The van der Waals surface area contributed by atoms with E-state index in [1.54, 1.807) is 0 Å². The average molecular weight is 503 g/mol. The zero-order valence-electron chi connectivity index (χ0n) is 16.6. The molecule has 0 aliphatic carbocycles. The van der Waals surface area contributed by atoms with Gasteiger partial charge in [0.1, 0.15) is 5.76 Å². The van der Waals surface area contributed by atoms with Gasteiger partial charge in [0, 0.05) is 50.1 Å². The van der Waals surface area contributed by atoms with E-state index in [0.717, 1.165) is 44.4 Å². The Labute approximate surface area is 183 Å². The first-order valence-corrected chi connectivity index (χ1v) is 9.99. The quantitative estimate of drug-likeness (QED) is 0.393. The largest absolute Gasteiger partial charge is 0.443 e. The fraction of sp³-hybridized carbons (Fsp3) is 0.579. The number of thiophene rings is 1. The Morgan fingerprint density at radius 1 is 1.30 bits per heavy atom. The van der Waals surface area contributed by atoms with Crippen molar-refractivity contribution < 1.29 is 4.42 Å². The first-order valence-electron chi connectivity index (χ1n) is 9.11. The monoisotopic (exact) mass is 503 g/mol. The normalized spacial score (nSPS) is 16.3. The lowest BCUT2D eigenvalue weighted by molar-refractivity contribution is 0.173. The molecule has 1 aliphatic heterocycles. The Hall–Kier alpha value is -1.13. The first-order chi connectivity index (χ1) is 12.5. The SMILES string of the molecule is CN=C(NCc1ncc(C(C)(C)C)o1)N1CCN(Cc2cccs2)CC1.I. The molecule has 0 amide bonds. The third-order valence-corrected chi connectivity index (χ3v) is 5.39. The van der Waals surface area contributed by atoms with Crippen molar-refractivity contribution in [3.05, 3.63) is 40.2 Å². The number of hydrogen-bond acceptors (Lipinski definition) is 5. The van der Waals surface area contributed by atoms with Crippen LogP contribution in [0.4, 0.5) is 0 Å². The van der Waals surface area contributed by atoms with Gasteiger partial charge in [-0.15, -0.1) is 35.3 Å². The smallest absolute Gasteiger partial charge is 0.213 e. The van der Waals surface area contributed by atoms with Crippen LogP contribution in [-0.2, 0) is 18.5 Å². The number of aromatic nitrogens is 1. The Balaban J connectivity index is 0.00000261. The molecule has 0 bridgehead atoms. The van der Waals surface area contributed by atoms with Crippen LogP contribution in [0.2, 0.25) is 0 Å². The second kappa shape index (κ2) is 9.88.